The third-order valence-corrected chi connectivity index (χ3v) is 5.04. The summed E-state index contributed by atoms with van der Waals surface area (Å²) in [4.78, 5) is 8.90. The molecule has 4 aromatic rings. The largest absolute Gasteiger partial charge is 0.287 e. The Morgan fingerprint density at radius 1 is 0.923 bits per heavy atom. The number of aryl methyl sites for hydroxylation is 3. The predicted octanol–water partition coefficient (Wildman–Crippen LogP) is 4.71. The SMILES string of the molecule is Cc1cc(C)c(C)c(-c2c3ccc(-c4cccnc4)cc3nc[n+]2C)c1. The van der Waals surface area contributed by atoms with Crippen LogP contribution in [-0.2, 0) is 7.05 Å². The van der Waals surface area contributed by atoms with Crippen molar-refractivity contribution in [3.05, 3.63) is 77.9 Å². The molecule has 0 saturated heterocycles. The fourth-order valence-electron chi connectivity index (χ4n) is 3.57. The highest BCUT2D eigenvalue weighted by molar-refractivity contribution is 5.94. The van der Waals surface area contributed by atoms with Gasteiger partial charge >= 0.3 is 0 Å². The summed E-state index contributed by atoms with van der Waals surface area (Å²) in [5.74, 6) is 0. The van der Waals surface area contributed by atoms with E-state index in [9.17, 15) is 0 Å². The first kappa shape index (κ1) is 16.4. The van der Waals surface area contributed by atoms with E-state index in [1.165, 1.54) is 27.9 Å². The lowest BCUT2D eigenvalue weighted by atomic mass is 9.95. The number of hydrogen-bond acceptors (Lipinski definition) is 2. The lowest BCUT2D eigenvalue weighted by molar-refractivity contribution is -0.662. The van der Waals surface area contributed by atoms with Gasteiger partial charge < -0.3 is 0 Å². The summed E-state index contributed by atoms with van der Waals surface area (Å²) in [6.07, 6.45) is 5.59. The second-order valence-electron chi connectivity index (χ2n) is 6.93. The van der Waals surface area contributed by atoms with Crippen LogP contribution in [0.3, 0.4) is 0 Å². The van der Waals surface area contributed by atoms with Crippen LogP contribution in [0, 0.1) is 20.8 Å². The maximum Gasteiger partial charge on any atom is 0.287 e. The number of nitrogens with zero attached hydrogens (tertiary/aromatic N) is 3. The number of aromatic nitrogens is 3. The molecule has 0 aliphatic carbocycles. The number of benzene rings is 2. The zero-order valence-corrected chi connectivity index (χ0v) is 15.6. The van der Waals surface area contributed by atoms with Gasteiger partial charge in [0, 0.05) is 23.5 Å². The van der Waals surface area contributed by atoms with Crippen molar-refractivity contribution in [3.63, 3.8) is 0 Å². The van der Waals surface area contributed by atoms with E-state index >= 15 is 0 Å². The summed E-state index contributed by atoms with van der Waals surface area (Å²) in [5, 5.41) is 1.16. The second-order valence-corrected chi connectivity index (χ2v) is 6.93. The van der Waals surface area contributed by atoms with E-state index < -0.39 is 0 Å². The average molecular weight is 340 g/mol. The topological polar surface area (TPSA) is 29.7 Å². The molecule has 0 fully saturated rings. The maximum absolute atomic E-state index is 4.67. The van der Waals surface area contributed by atoms with Crippen LogP contribution in [0.1, 0.15) is 16.7 Å². The van der Waals surface area contributed by atoms with Crippen molar-refractivity contribution >= 4 is 10.9 Å². The summed E-state index contributed by atoms with van der Waals surface area (Å²) in [6.45, 7) is 6.52. The van der Waals surface area contributed by atoms with Gasteiger partial charge in [0.05, 0.1) is 12.4 Å². The van der Waals surface area contributed by atoms with Gasteiger partial charge in [-0.2, -0.15) is 0 Å². The monoisotopic (exact) mass is 340 g/mol. The minimum absolute atomic E-state index is 0.998. The molecule has 0 bridgehead atoms. The molecule has 26 heavy (non-hydrogen) atoms. The van der Waals surface area contributed by atoms with E-state index in [-0.39, 0.29) is 0 Å². The average Bonchev–Trinajstić information content (AvgIpc) is 2.65. The number of hydrogen-bond donors (Lipinski definition) is 0. The highest BCUT2D eigenvalue weighted by atomic mass is 15.0. The molecule has 0 atom stereocenters. The summed E-state index contributed by atoms with van der Waals surface area (Å²) in [5.41, 5.74) is 9.62. The van der Waals surface area contributed by atoms with Crippen molar-refractivity contribution < 1.29 is 4.57 Å². The quantitative estimate of drug-likeness (QED) is 0.495. The van der Waals surface area contributed by atoms with Crippen molar-refractivity contribution in [2.45, 2.75) is 20.8 Å². The second kappa shape index (κ2) is 6.34. The Labute approximate surface area is 154 Å². The minimum Gasteiger partial charge on any atom is -0.264 e. The fraction of sp³-hybridized carbons (Fsp3) is 0.174. The zero-order chi connectivity index (χ0) is 18.3. The molecular formula is C23H22N3+. The smallest absolute Gasteiger partial charge is 0.264 e. The van der Waals surface area contributed by atoms with Gasteiger partial charge in [-0.05, 0) is 66.7 Å². The highest BCUT2D eigenvalue weighted by Gasteiger charge is 2.18. The third kappa shape index (κ3) is 2.76. The number of pyridine rings is 1. The van der Waals surface area contributed by atoms with Crippen LogP contribution in [-0.4, -0.2) is 9.97 Å². The van der Waals surface area contributed by atoms with Crippen LogP contribution in [0.5, 0.6) is 0 Å². The molecule has 2 heterocycles. The summed E-state index contributed by atoms with van der Waals surface area (Å²) in [6, 6.07) is 15.0. The van der Waals surface area contributed by atoms with Crippen molar-refractivity contribution in [2.24, 2.45) is 7.05 Å². The lowest BCUT2D eigenvalue weighted by Gasteiger charge is -2.12. The van der Waals surface area contributed by atoms with E-state index in [0.717, 1.165) is 22.0 Å². The van der Waals surface area contributed by atoms with Gasteiger partial charge in [-0.15, -0.1) is 0 Å². The highest BCUT2D eigenvalue weighted by Crippen LogP contribution is 2.31. The molecule has 0 radical (unpaired) electrons. The molecule has 3 nitrogen and oxygen atoms in total. The molecule has 4 rings (SSSR count). The Morgan fingerprint density at radius 2 is 1.77 bits per heavy atom. The van der Waals surface area contributed by atoms with Gasteiger partial charge in [-0.25, -0.2) is 4.57 Å². The van der Waals surface area contributed by atoms with Crippen LogP contribution in [0.25, 0.3) is 33.3 Å². The number of rotatable bonds is 2. The van der Waals surface area contributed by atoms with E-state index in [4.69, 9.17) is 0 Å². The molecule has 0 aliphatic rings. The normalized spacial score (nSPS) is 11.1. The van der Waals surface area contributed by atoms with Gasteiger partial charge in [0.2, 0.25) is 0 Å². The Kier molecular flexibility index (Phi) is 4.00. The predicted molar refractivity (Wildman–Crippen MR) is 106 cm³/mol. The van der Waals surface area contributed by atoms with Gasteiger partial charge in [-0.1, -0.05) is 23.8 Å². The standard InChI is InChI=1S/C23H22N3/c1-15-10-16(2)17(3)21(11-15)23-20-8-7-18(19-6-5-9-24-13-19)12-22(20)25-14-26(23)4/h5-14H,1-4H3/q+1. The fourth-order valence-corrected chi connectivity index (χ4v) is 3.57. The van der Waals surface area contributed by atoms with Crippen molar-refractivity contribution in [3.8, 4) is 22.4 Å². The summed E-state index contributed by atoms with van der Waals surface area (Å²) in [7, 11) is 2.06. The van der Waals surface area contributed by atoms with Crippen molar-refractivity contribution in [1.29, 1.82) is 0 Å². The molecule has 0 unspecified atom stereocenters. The Bertz CT molecular complexity index is 1120. The summed E-state index contributed by atoms with van der Waals surface area (Å²) >= 11 is 0. The molecule has 0 amide bonds. The molecular weight excluding hydrogens is 318 g/mol. The Balaban J connectivity index is 1.98. The van der Waals surface area contributed by atoms with Crippen LogP contribution < -0.4 is 4.57 Å². The van der Waals surface area contributed by atoms with Crippen molar-refractivity contribution in [1.82, 2.24) is 9.97 Å². The van der Waals surface area contributed by atoms with Crippen LogP contribution in [0.4, 0.5) is 0 Å². The first-order valence-electron chi connectivity index (χ1n) is 8.81. The molecule has 2 aromatic heterocycles. The zero-order valence-electron chi connectivity index (χ0n) is 15.6. The molecule has 128 valence electrons. The minimum atomic E-state index is 0.998. The first-order chi connectivity index (χ1) is 12.5. The van der Waals surface area contributed by atoms with Crippen LogP contribution in [0.2, 0.25) is 0 Å². The molecule has 0 spiro atoms. The van der Waals surface area contributed by atoms with E-state index in [1.54, 1.807) is 6.20 Å². The first-order valence-corrected chi connectivity index (χ1v) is 8.81. The maximum atomic E-state index is 4.67. The lowest BCUT2D eigenvalue weighted by Crippen LogP contribution is -2.32. The van der Waals surface area contributed by atoms with Gasteiger partial charge in [-0.3, -0.25) is 4.98 Å². The summed E-state index contributed by atoms with van der Waals surface area (Å²) < 4.78 is 2.12. The van der Waals surface area contributed by atoms with Crippen LogP contribution in [0.15, 0.2) is 61.2 Å². The molecule has 0 N–H and O–H groups in total. The Morgan fingerprint density at radius 3 is 2.54 bits per heavy atom. The van der Waals surface area contributed by atoms with Gasteiger partial charge in [0.1, 0.15) is 5.69 Å². The molecule has 2 aromatic carbocycles. The van der Waals surface area contributed by atoms with E-state index in [1.807, 2.05) is 18.6 Å². The van der Waals surface area contributed by atoms with Crippen molar-refractivity contribution in [2.75, 3.05) is 0 Å². The van der Waals surface area contributed by atoms with Gasteiger partial charge in [0.15, 0.2) is 5.52 Å². The third-order valence-electron chi connectivity index (χ3n) is 5.04. The molecule has 0 aliphatic heterocycles. The van der Waals surface area contributed by atoms with Gasteiger partial charge in [0.25, 0.3) is 6.33 Å². The van der Waals surface area contributed by atoms with Crippen LogP contribution >= 0.6 is 0 Å². The molecule has 3 heteroatoms. The van der Waals surface area contributed by atoms with E-state index in [2.05, 4.69) is 78.8 Å². The molecule has 0 saturated carbocycles. The van der Waals surface area contributed by atoms with E-state index in [0.29, 0.717) is 0 Å². The Hall–Kier alpha value is -3.07. The number of fused-ring (bicyclic) bond motifs is 1.